The second kappa shape index (κ2) is 13.0. The number of non-ortho nitro benzene ring substituents is 1. The number of nitrogens with zero attached hydrogens (tertiary/aromatic N) is 2. The molecule has 2 atom stereocenters. The molecule has 4 aromatic rings. The Balaban J connectivity index is 1.39. The van der Waals surface area contributed by atoms with Gasteiger partial charge in [-0.05, 0) is 84.3 Å². The van der Waals surface area contributed by atoms with Gasteiger partial charge < -0.3 is 4.74 Å². The average molecular weight is 702 g/mol. The van der Waals surface area contributed by atoms with Crippen LogP contribution in [0.1, 0.15) is 41.0 Å². The summed E-state index contributed by atoms with van der Waals surface area (Å²) in [5, 5.41) is 11.3. The van der Waals surface area contributed by atoms with Crippen LogP contribution in [0.15, 0.2) is 107 Å². The van der Waals surface area contributed by atoms with Gasteiger partial charge in [0.2, 0.25) is 20.0 Å². The maximum atomic E-state index is 14.3. The summed E-state index contributed by atoms with van der Waals surface area (Å²) >= 11 is 0. The van der Waals surface area contributed by atoms with Crippen molar-refractivity contribution in [3.8, 4) is 5.75 Å². The van der Waals surface area contributed by atoms with Crippen molar-refractivity contribution in [3.63, 3.8) is 0 Å². The SMILES string of the molecule is O=[N+]([O-])c1ccc(S(=O)(=O)N2CCC(NS(=O)(=O)c3ccc(OC(F)(F)F)cc3)CC2C2c3ccccc3CCc3ccccc32)cc1. The third-order valence-electron chi connectivity index (χ3n) is 8.77. The summed E-state index contributed by atoms with van der Waals surface area (Å²) in [5.74, 6) is -1.06. The molecule has 2 unspecified atom stereocenters. The highest BCUT2D eigenvalue weighted by molar-refractivity contribution is 7.89. The fraction of sp³-hybridized carbons (Fsp3) is 0.273. The van der Waals surface area contributed by atoms with Gasteiger partial charge in [0.15, 0.2) is 0 Å². The smallest absolute Gasteiger partial charge is 0.406 e. The molecule has 0 amide bonds. The third-order valence-corrected chi connectivity index (χ3v) is 12.2. The monoisotopic (exact) mass is 701 g/mol. The van der Waals surface area contributed by atoms with Crippen LogP contribution in [0.2, 0.25) is 0 Å². The molecule has 6 rings (SSSR count). The Morgan fingerprint density at radius 2 is 1.33 bits per heavy atom. The lowest BCUT2D eigenvalue weighted by molar-refractivity contribution is -0.384. The van der Waals surface area contributed by atoms with Gasteiger partial charge in [-0.3, -0.25) is 10.1 Å². The molecule has 2 aliphatic rings. The number of ether oxygens (including phenoxy) is 1. The lowest BCUT2D eigenvalue weighted by Gasteiger charge is -2.43. The van der Waals surface area contributed by atoms with Crippen LogP contribution in [0, 0.1) is 10.1 Å². The first kappa shape index (κ1) is 33.6. The number of alkyl halides is 3. The molecule has 0 bridgehead atoms. The Bertz CT molecular complexity index is 1990. The average Bonchev–Trinajstić information content (AvgIpc) is 3.21. The van der Waals surface area contributed by atoms with Gasteiger partial charge in [0.25, 0.3) is 5.69 Å². The number of rotatable bonds is 8. The number of hydrogen-bond donors (Lipinski definition) is 1. The highest BCUT2D eigenvalue weighted by Crippen LogP contribution is 2.43. The summed E-state index contributed by atoms with van der Waals surface area (Å²) in [4.78, 5) is 10.2. The van der Waals surface area contributed by atoms with Crippen LogP contribution in [0.4, 0.5) is 18.9 Å². The number of sulfonamides is 2. The predicted octanol–water partition coefficient (Wildman–Crippen LogP) is 5.92. The van der Waals surface area contributed by atoms with Crippen LogP contribution >= 0.6 is 0 Å². The van der Waals surface area contributed by atoms with Crippen LogP contribution in [0.5, 0.6) is 5.75 Å². The number of nitro benzene ring substituents is 1. The standard InChI is InChI=1S/C33H30F3N3O7S2/c34-33(35,36)46-26-13-17-27(18-14-26)47(42,43)37-24-19-20-38(48(44,45)28-15-11-25(12-16-28)39(40)41)31(21-24)32-29-7-3-1-5-22(29)9-10-23-6-2-4-8-30(23)32/h1-8,11-18,24,31-32,37H,9-10,19-21H2. The predicted molar refractivity (Wildman–Crippen MR) is 169 cm³/mol. The number of halogens is 3. The van der Waals surface area contributed by atoms with Gasteiger partial charge in [-0.15, -0.1) is 13.2 Å². The van der Waals surface area contributed by atoms with Crippen LogP contribution in [-0.4, -0.2) is 51.1 Å². The number of hydrogen-bond acceptors (Lipinski definition) is 7. The minimum absolute atomic E-state index is 0.0635. The number of aryl methyl sites for hydroxylation is 2. The zero-order valence-corrected chi connectivity index (χ0v) is 26.8. The molecule has 1 fully saturated rings. The first-order chi connectivity index (χ1) is 22.7. The topological polar surface area (TPSA) is 136 Å². The minimum Gasteiger partial charge on any atom is -0.406 e. The molecule has 48 heavy (non-hydrogen) atoms. The molecule has 1 saturated heterocycles. The van der Waals surface area contributed by atoms with Gasteiger partial charge in [0.1, 0.15) is 5.75 Å². The van der Waals surface area contributed by atoms with Crippen LogP contribution < -0.4 is 9.46 Å². The summed E-state index contributed by atoms with van der Waals surface area (Å²) in [6.45, 7) is -0.0730. The van der Waals surface area contributed by atoms with Crippen LogP contribution in [0.25, 0.3) is 0 Å². The van der Waals surface area contributed by atoms with E-state index in [-0.39, 0.29) is 34.9 Å². The van der Waals surface area contributed by atoms with Crippen molar-refractivity contribution in [1.29, 1.82) is 0 Å². The lowest BCUT2D eigenvalue weighted by atomic mass is 9.78. The number of benzene rings is 4. The van der Waals surface area contributed by atoms with Gasteiger partial charge in [0.05, 0.1) is 14.7 Å². The molecular weight excluding hydrogens is 672 g/mol. The van der Waals surface area contributed by atoms with E-state index < -0.39 is 55.1 Å². The zero-order chi connectivity index (χ0) is 34.3. The number of nitro groups is 1. The zero-order valence-electron chi connectivity index (χ0n) is 25.2. The summed E-state index contributed by atoms with van der Waals surface area (Å²) in [6, 6.07) is 22.5. The molecule has 1 aliphatic carbocycles. The molecule has 1 N–H and O–H groups in total. The fourth-order valence-electron chi connectivity index (χ4n) is 6.65. The van der Waals surface area contributed by atoms with Crippen molar-refractivity contribution in [2.75, 3.05) is 6.54 Å². The Morgan fingerprint density at radius 1 is 0.792 bits per heavy atom. The highest BCUT2D eigenvalue weighted by atomic mass is 32.2. The summed E-state index contributed by atoms with van der Waals surface area (Å²) in [5.41, 5.74) is 3.65. The van der Waals surface area contributed by atoms with E-state index in [1.54, 1.807) is 0 Å². The van der Waals surface area contributed by atoms with E-state index in [1.165, 1.54) is 16.4 Å². The third kappa shape index (κ3) is 6.95. The van der Waals surface area contributed by atoms with Gasteiger partial charge >= 0.3 is 6.36 Å². The fourth-order valence-corrected chi connectivity index (χ4v) is 9.59. The maximum Gasteiger partial charge on any atom is 0.573 e. The molecular formula is C33H30F3N3O7S2. The van der Waals surface area contributed by atoms with Crippen molar-refractivity contribution in [1.82, 2.24) is 9.03 Å². The minimum atomic E-state index is -4.94. The Morgan fingerprint density at radius 3 is 1.88 bits per heavy atom. The van der Waals surface area contributed by atoms with Crippen LogP contribution in [0.3, 0.4) is 0 Å². The normalized spacial score (nSPS) is 19.1. The highest BCUT2D eigenvalue weighted by Gasteiger charge is 2.44. The van der Waals surface area contributed by atoms with E-state index in [9.17, 15) is 40.1 Å². The molecule has 252 valence electrons. The molecule has 1 aliphatic heterocycles. The van der Waals surface area contributed by atoms with E-state index in [0.29, 0.717) is 0 Å². The van der Waals surface area contributed by atoms with E-state index in [2.05, 4.69) is 9.46 Å². The molecule has 10 nitrogen and oxygen atoms in total. The number of fused-ring (bicyclic) bond motifs is 2. The van der Waals surface area contributed by atoms with Gasteiger partial charge in [-0.1, -0.05) is 48.5 Å². The summed E-state index contributed by atoms with van der Waals surface area (Å²) in [6.07, 6.45) is -3.35. The lowest BCUT2D eigenvalue weighted by Crippen LogP contribution is -2.54. The second-order valence-corrected chi connectivity index (χ2v) is 15.3. The van der Waals surface area contributed by atoms with Crippen LogP contribution in [-0.2, 0) is 32.9 Å². The van der Waals surface area contributed by atoms with Crippen molar-refractivity contribution in [3.05, 3.63) is 129 Å². The van der Waals surface area contributed by atoms with Gasteiger partial charge in [-0.2, -0.15) is 4.31 Å². The van der Waals surface area contributed by atoms with E-state index >= 15 is 0 Å². The molecule has 4 aromatic carbocycles. The molecule has 15 heteroatoms. The number of nitrogens with one attached hydrogen (secondary N) is 1. The Labute approximate surface area is 275 Å². The van der Waals surface area contributed by atoms with Crippen molar-refractivity contribution < 1.29 is 39.7 Å². The Kier molecular flexibility index (Phi) is 9.06. The van der Waals surface area contributed by atoms with Crippen molar-refractivity contribution >= 4 is 25.7 Å². The quantitative estimate of drug-likeness (QED) is 0.178. The summed E-state index contributed by atoms with van der Waals surface area (Å²) < 4.78 is 101. The molecule has 0 saturated carbocycles. The van der Waals surface area contributed by atoms with Gasteiger partial charge in [0, 0.05) is 36.7 Å². The van der Waals surface area contributed by atoms with Crippen molar-refractivity contribution in [2.45, 2.75) is 59.8 Å². The largest absolute Gasteiger partial charge is 0.573 e. The molecule has 0 aromatic heterocycles. The maximum absolute atomic E-state index is 14.3. The van der Waals surface area contributed by atoms with Gasteiger partial charge in [-0.25, -0.2) is 21.6 Å². The van der Waals surface area contributed by atoms with E-state index in [0.717, 1.165) is 71.5 Å². The molecule has 1 heterocycles. The first-order valence-corrected chi connectivity index (χ1v) is 18.0. The molecule has 0 radical (unpaired) electrons. The summed E-state index contributed by atoms with van der Waals surface area (Å²) in [7, 11) is -8.47. The second-order valence-electron chi connectivity index (χ2n) is 11.7. The number of piperidine rings is 1. The molecule has 0 spiro atoms. The first-order valence-electron chi connectivity index (χ1n) is 15.0. The van der Waals surface area contributed by atoms with E-state index in [1.807, 2.05) is 48.5 Å². The Hall–Kier alpha value is -4.31. The van der Waals surface area contributed by atoms with Crippen molar-refractivity contribution in [2.24, 2.45) is 0 Å². The van der Waals surface area contributed by atoms with E-state index in [4.69, 9.17) is 0 Å².